The maximum Gasteiger partial charge on any atom is 0.250 e. The van der Waals surface area contributed by atoms with E-state index in [1.165, 1.54) is 6.07 Å². The molecule has 0 amide bonds. The molecule has 1 aromatic heterocycles. The number of sulfonamides is 1. The van der Waals surface area contributed by atoms with Crippen LogP contribution in [0.3, 0.4) is 0 Å². The predicted molar refractivity (Wildman–Crippen MR) is 73.6 cm³/mol. The fraction of sp³-hybridized carbons (Fsp3) is 0.667. The van der Waals surface area contributed by atoms with Crippen LogP contribution in [0, 0.1) is 5.41 Å². The Balaban J connectivity index is 1.94. The predicted octanol–water partition coefficient (Wildman–Crippen LogP) is 1.34. The number of aliphatic hydroxyl groups excluding tert-OH is 1. The second-order valence-corrected chi connectivity index (χ2v) is 8.11. The molecule has 108 valence electrons. The lowest BCUT2D eigenvalue weighted by molar-refractivity contribution is 0.173. The van der Waals surface area contributed by atoms with Crippen LogP contribution in [0.15, 0.2) is 16.3 Å². The molecule has 0 saturated heterocycles. The summed E-state index contributed by atoms with van der Waals surface area (Å²) in [6.07, 6.45) is 2.98. The summed E-state index contributed by atoms with van der Waals surface area (Å²) >= 11 is 1.10. The highest BCUT2D eigenvalue weighted by molar-refractivity contribution is 7.91. The third-order valence-corrected chi connectivity index (χ3v) is 6.45. The van der Waals surface area contributed by atoms with Gasteiger partial charge in [0.2, 0.25) is 10.0 Å². The third kappa shape index (κ3) is 3.76. The number of hydrogen-bond acceptors (Lipinski definition) is 5. The summed E-state index contributed by atoms with van der Waals surface area (Å²) < 4.78 is 32.2. The van der Waals surface area contributed by atoms with Gasteiger partial charge in [0, 0.05) is 25.1 Å². The van der Waals surface area contributed by atoms with Crippen molar-refractivity contribution in [3.05, 3.63) is 17.0 Å². The van der Waals surface area contributed by atoms with E-state index in [-0.39, 0.29) is 16.2 Å². The highest BCUT2D eigenvalue weighted by atomic mass is 32.2. The van der Waals surface area contributed by atoms with E-state index in [9.17, 15) is 8.42 Å². The quantitative estimate of drug-likeness (QED) is 0.760. The van der Waals surface area contributed by atoms with Crippen LogP contribution in [0.5, 0.6) is 0 Å². The smallest absolute Gasteiger partial charge is 0.250 e. The first-order valence-electron chi connectivity index (χ1n) is 6.19. The van der Waals surface area contributed by atoms with Crippen molar-refractivity contribution in [2.24, 2.45) is 5.41 Å². The van der Waals surface area contributed by atoms with Gasteiger partial charge in [0.25, 0.3) is 0 Å². The van der Waals surface area contributed by atoms with Gasteiger partial charge < -0.3 is 9.84 Å². The molecule has 5 nitrogen and oxygen atoms in total. The molecule has 1 heterocycles. The zero-order valence-corrected chi connectivity index (χ0v) is 12.5. The zero-order chi connectivity index (χ0) is 13.9. The second kappa shape index (κ2) is 5.88. The van der Waals surface area contributed by atoms with Crippen LogP contribution >= 0.6 is 11.3 Å². The van der Waals surface area contributed by atoms with Crippen LogP contribution in [-0.4, -0.2) is 33.8 Å². The molecule has 0 unspecified atom stereocenters. The van der Waals surface area contributed by atoms with Crippen LogP contribution in [0.25, 0.3) is 0 Å². The molecule has 1 aliphatic rings. The number of ether oxygens (including phenoxy) is 1. The molecule has 1 aromatic rings. The maximum absolute atomic E-state index is 12.1. The summed E-state index contributed by atoms with van der Waals surface area (Å²) in [6, 6.07) is 3.17. The Kier molecular flexibility index (Phi) is 4.62. The van der Waals surface area contributed by atoms with E-state index >= 15 is 0 Å². The van der Waals surface area contributed by atoms with Gasteiger partial charge in [0.05, 0.1) is 6.61 Å². The normalized spacial score (nSPS) is 17.6. The number of rotatable bonds is 8. The summed E-state index contributed by atoms with van der Waals surface area (Å²) in [7, 11) is -1.80. The molecule has 1 fully saturated rings. The molecule has 0 spiro atoms. The van der Waals surface area contributed by atoms with Gasteiger partial charge in [-0.15, -0.1) is 11.3 Å². The highest BCUT2D eigenvalue weighted by Crippen LogP contribution is 2.48. The average Bonchev–Trinajstić information content (AvgIpc) is 2.99. The van der Waals surface area contributed by atoms with Crippen LogP contribution in [0.4, 0.5) is 0 Å². The van der Waals surface area contributed by atoms with E-state index in [1.807, 2.05) is 0 Å². The summed E-state index contributed by atoms with van der Waals surface area (Å²) in [5.41, 5.74) is 0.0835. The maximum atomic E-state index is 12.1. The fourth-order valence-electron chi connectivity index (χ4n) is 1.92. The average molecular weight is 305 g/mol. The van der Waals surface area contributed by atoms with Gasteiger partial charge in [-0.3, -0.25) is 0 Å². The van der Waals surface area contributed by atoms with E-state index in [2.05, 4.69) is 4.72 Å². The van der Waals surface area contributed by atoms with E-state index in [4.69, 9.17) is 9.84 Å². The minimum absolute atomic E-state index is 0.0835. The number of aliphatic hydroxyl groups is 1. The molecular formula is C12H19NO4S2. The number of nitrogens with one attached hydrogen (secondary N) is 1. The van der Waals surface area contributed by atoms with Crippen molar-refractivity contribution in [1.82, 2.24) is 4.72 Å². The molecule has 0 aromatic carbocycles. The third-order valence-electron chi connectivity index (χ3n) is 3.49. The molecule has 0 bridgehead atoms. The van der Waals surface area contributed by atoms with Crippen molar-refractivity contribution >= 4 is 21.4 Å². The lowest BCUT2D eigenvalue weighted by Crippen LogP contribution is -2.30. The van der Waals surface area contributed by atoms with E-state index < -0.39 is 10.0 Å². The Morgan fingerprint density at radius 2 is 2.21 bits per heavy atom. The molecular weight excluding hydrogens is 286 g/mol. The van der Waals surface area contributed by atoms with Gasteiger partial charge >= 0.3 is 0 Å². The van der Waals surface area contributed by atoms with E-state index in [1.54, 1.807) is 13.2 Å². The Morgan fingerprint density at radius 3 is 2.74 bits per heavy atom. The molecule has 0 atom stereocenters. The summed E-state index contributed by atoms with van der Waals surface area (Å²) in [5, 5.41) is 8.96. The Labute approximate surface area is 117 Å². The van der Waals surface area contributed by atoms with Crippen LogP contribution in [0.2, 0.25) is 0 Å². The van der Waals surface area contributed by atoms with Crippen LogP contribution < -0.4 is 4.72 Å². The first-order valence-corrected chi connectivity index (χ1v) is 8.49. The largest absolute Gasteiger partial charge is 0.391 e. The van der Waals surface area contributed by atoms with Crippen molar-refractivity contribution in [3.8, 4) is 0 Å². The molecule has 19 heavy (non-hydrogen) atoms. The van der Waals surface area contributed by atoms with Crippen molar-refractivity contribution in [1.29, 1.82) is 0 Å². The summed E-state index contributed by atoms with van der Waals surface area (Å²) in [5.74, 6) is 0. The molecule has 0 aliphatic heterocycles. The Morgan fingerprint density at radius 1 is 1.47 bits per heavy atom. The van der Waals surface area contributed by atoms with Crippen molar-refractivity contribution in [2.75, 3.05) is 20.3 Å². The van der Waals surface area contributed by atoms with Crippen molar-refractivity contribution in [3.63, 3.8) is 0 Å². The lowest BCUT2D eigenvalue weighted by Gasteiger charge is -2.15. The monoisotopic (exact) mass is 305 g/mol. The number of hydrogen-bond donors (Lipinski definition) is 2. The van der Waals surface area contributed by atoms with Gasteiger partial charge in [-0.2, -0.15) is 0 Å². The van der Waals surface area contributed by atoms with Gasteiger partial charge in [-0.05, 0) is 36.8 Å². The van der Waals surface area contributed by atoms with Gasteiger partial charge in [-0.1, -0.05) is 0 Å². The minimum Gasteiger partial charge on any atom is -0.391 e. The van der Waals surface area contributed by atoms with Crippen molar-refractivity contribution in [2.45, 2.75) is 30.1 Å². The molecule has 7 heteroatoms. The molecule has 1 saturated carbocycles. The van der Waals surface area contributed by atoms with Crippen molar-refractivity contribution < 1.29 is 18.3 Å². The molecule has 2 N–H and O–H groups in total. The fourth-order valence-corrected chi connectivity index (χ4v) is 4.33. The Hall–Kier alpha value is -0.470. The van der Waals surface area contributed by atoms with E-state index in [0.29, 0.717) is 18.0 Å². The molecule has 0 radical (unpaired) electrons. The summed E-state index contributed by atoms with van der Waals surface area (Å²) in [6.45, 7) is 0.998. The highest BCUT2D eigenvalue weighted by Gasteiger charge is 2.42. The zero-order valence-electron chi connectivity index (χ0n) is 10.9. The standard InChI is InChI=1S/C12H19NO4S2/c1-17-7-6-12(4-5-12)9-13-19(15,16)11-3-2-10(8-14)18-11/h2-3,13-14H,4-9H2,1H3. The first-order chi connectivity index (χ1) is 9.01. The van der Waals surface area contributed by atoms with Gasteiger partial charge in [0.15, 0.2) is 0 Å². The lowest BCUT2D eigenvalue weighted by atomic mass is 10.0. The van der Waals surface area contributed by atoms with E-state index in [0.717, 1.165) is 30.6 Å². The SMILES string of the molecule is COCCC1(CNS(=O)(=O)c2ccc(CO)s2)CC1. The Bertz CT molecular complexity index is 520. The topological polar surface area (TPSA) is 75.6 Å². The van der Waals surface area contributed by atoms with Gasteiger partial charge in [-0.25, -0.2) is 13.1 Å². The van der Waals surface area contributed by atoms with Crippen LogP contribution in [0.1, 0.15) is 24.1 Å². The number of thiophene rings is 1. The molecule has 1 aliphatic carbocycles. The summed E-state index contributed by atoms with van der Waals surface area (Å²) in [4.78, 5) is 0.654. The second-order valence-electron chi connectivity index (χ2n) is 4.95. The minimum atomic E-state index is -3.45. The molecule has 2 rings (SSSR count). The number of methoxy groups -OCH3 is 1. The van der Waals surface area contributed by atoms with Crippen LogP contribution in [-0.2, 0) is 21.4 Å². The van der Waals surface area contributed by atoms with Gasteiger partial charge in [0.1, 0.15) is 4.21 Å². The first kappa shape index (κ1) is 14.9.